The second-order valence-corrected chi connectivity index (χ2v) is 10.5. The van der Waals surface area contributed by atoms with Crippen LogP contribution in [0.25, 0.3) is 5.65 Å². The summed E-state index contributed by atoms with van der Waals surface area (Å²) in [6.45, 7) is 1.67. The molecule has 0 saturated carbocycles. The van der Waals surface area contributed by atoms with E-state index in [9.17, 15) is 8.78 Å². The lowest BCUT2D eigenvalue weighted by atomic mass is 10.2. The van der Waals surface area contributed by atoms with Gasteiger partial charge < -0.3 is 4.74 Å². The first-order valence-corrected chi connectivity index (χ1v) is 10.9. The topological polar surface area (TPSA) is 26.5 Å². The van der Waals surface area contributed by atoms with E-state index in [-0.39, 0.29) is 12.2 Å². The number of halogens is 2. The predicted octanol–water partition coefficient (Wildman–Crippen LogP) is 4.50. The molecule has 0 unspecified atom stereocenters. The third-order valence-corrected chi connectivity index (χ3v) is 4.41. The van der Waals surface area contributed by atoms with Crippen molar-refractivity contribution in [3.63, 3.8) is 0 Å². The van der Waals surface area contributed by atoms with Crippen molar-refractivity contribution in [2.24, 2.45) is 0 Å². The summed E-state index contributed by atoms with van der Waals surface area (Å²) in [4.78, 5) is 4.53. The highest BCUT2D eigenvalue weighted by atomic mass is 32.3. The Balaban J connectivity index is 1.97. The van der Waals surface area contributed by atoms with Crippen molar-refractivity contribution in [1.29, 1.82) is 0 Å². The molecule has 3 nitrogen and oxygen atoms in total. The molecule has 6 heteroatoms. The summed E-state index contributed by atoms with van der Waals surface area (Å²) in [6.07, 6.45) is 8.22. The molecular formula is C20H20F2N2OS. The Kier molecular flexibility index (Phi) is 4.92. The van der Waals surface area contributed by atoms with Crippen LogP contribution in [0.2, 0.25) is 0 Å². The largest absolute Gasteiger partial charge is 0.485 e. The summed E-state index contributed by atoms with van der Waals surface area (Å²) in [7, 11) is -0.968. The number of aromatic nitrogens is 2. The molecule has 0 bridgehead atoms. The number of aryl methyl sites for hydroxylation is 1. The average molecular weight is 374 g/mol. The minimum atomic E-state index is -0.968. The van der Waals surface area contributed by atoms with Gasteiger partial charge in [0.05, 0.1) is 11.3 Å². The highest BCUT2D eigenvalue weighted by Gasteiger charge is 2.14. The molecule has 0 amide bonds. The number of imidazole rings is 1. The second kappa shape index (κ2) is 7.00. The summed E-state index contributed by atoms with van der Waals surface area (Å²) in [6, 6.07) is 7.28. The molecule has 3 aromatic rings. The number of rotatable bonds is 3. The van der Waals surface area contributed by atoms with E-state index in [2.05, 4.69) is 34.9 Å². The number of hydrogen-bond acceptors (Lipinski definition) is 2. The van der Waals surface area contributed by atoms with E-state index >= 15 is 0 Å². The maximum Gasteiger partial charge on any atom is 0.180 e. The van der Waals surface area contributed by atoms with Gasteiger partial charge in [-0.25, -0.2) is 13.8 Å². The summed E-state index contributed by atoms with van der Waals surface area (Å²) in [5.74, 6) is 2.40. The van der Waals surface area contributed by atoms with Crippen LogP contribution < -0.4 is 4.74 Å². The predicted molar refractivity (Wildman–Crippen MR) is 103 cm³/mol. The van der Waals surface area contributed by atoms with Crippen molar-refractivity contribution < 1.29 is 13.5 Å². The fraction of sp³-hybridized carbons (Fsp3) is 0.250. The zero-order valence-electron chi connectivity index (χ0n) is 15.1. The first kappa shape index (κ1) is 18.3. The van der Waals surface area contributed by atoms with Crippen molar-refractivity contribution in [2.45, 2.75) is 13.5 Å². The molecule has 2 heterocycles. The molecule has 0 aliphatic rings. The lowest BCUT2D eigenvalue weighted by Gasteiger charge is -2.14. The van der Waals surface area contributed by atoms with Crippen LogP contribution in [0, 0.1) is 29.7 Å². The molecule has 0 aliphatic heterocycles. The smallest absolute Gasteiger partial charge is 0.180 e. The van der Waals surface area contributed by atoms with Crippen molar-refractivity contribution in [3.05, 3.63) is 65.1 Å². The lowest BCUT2D eigenvalue weighted by Crippen LogP contribution is -2.03. The molecule has 0 radical (unpaired) electrons. The highest BCUT2D eigenvalue weighted by molar-refractivity contribution is 8.35. The first-order chi connectivity index (χ1) is 12.3. The molecule has 3 rings (SSSR count). The summed E-state index contributed by atoms with van der Waals surface area (Å²) in [5, 5.41) is 3.28. The van der Waals surface area contributed by atoms with Gasteiger partial charge in [-0.2, -0.15) is 10.0 Å². The molecule has 136 valence electrons. The van der Waals surface area contributed by atoms with Crippen molar-refractivity contribution >= 4 is 15.7 Å². The fourth-order valence-electron chi connectivity index (χ4n) is 2.44. The Morgan fingerprint density at radius 2 is 1.81 bits per heavy atom. The van der Waals surface area contributed by atoms with Gasteiger partial charge in [-0.3, -0.25) is 4.40 Å². The molecule has 0 atom stereocenters. The van der Waals surface area contributed by atoms with E-state index in [0.717, 1.165) is 11.4 Å². The van der Waals surface area contributed by atoms with Crippen LogP contribution in [-0.4, -0.2) is 28.2 Å². The van der Waals surface area contributed by atoms with Crippen molar-refractivity contribution in [3.8, 4) is 16.9 Å². The molecule has 0 fully saturated rings. The van der Waals surface area contributed by atoms with Gasteiger partial charge in [0.2, 0.25) is 0 Å². The monoisotopic (exact) mass is 374 g/mol. The molecule has 1 aromatic carbocycles. The van der Waals surface area contributed by atoms with Crippen LogP contribution in [0.5, 0.6) is 5.75 Å². The normalized spacial score (nSPS) is 11.9. The van der Waals surface area contributed by atoms with Gasteiger partial charge in [0, 0.05) is 6.20 Å². The van der Waals surface area contributed by atoms with Crippen molar-refractivity contribution in [1.82, 2.24) is 9.38 Å². The summed E-state index contributed by atoms with van der Waals surface area (Å²) >= 11 is 0. The van der Waals surface area contributed by atoms with Gasteiger partial charge in [0.15, 0.2) is 11.4 Å². The van der Waals surface area contributed by atoms with E-state index in [0.29, 0.717) is 11.4 Å². The first-order valence-electron chi connectivity index (χ1n) is 8.01. The second-order valence-electron chi connectivity index (χ2n) is 6.66. The van der Waals surface area contributed by atoms with Gasteiger partial charge in [-0.1, -0.05) is 6.07 Å². The molecular weight excluding hydrogens is 354 g/mol. The van der Waals surface area contributed by atoms with Gasteiger partial charge >= 0.3 is 0 Å². The molecule has 0 aliphatic carbocycles. The van der Waals surface area contributed by atoms with E-state index in [1.165, 1.54) is 18.2 Å². The van der Waals surface area contributed by atoms with Gasteiger partial charge in [-0.05, 0) is 61.1 Å². The maximum absolute atomic E-state index is 13.8. The van der Waals surface area contributed by atoms with E-state index in [4.69, 9.17) is 4.74 Å². The van der Waals surface area contributed by atoms with Gasteiger partial charge in [-0.15, -0.1) is 0 Å². The van der Waals surface area contributed by atoms with Crippen LogP contribution in [0.15, 0.2) is 36.5 Å². The zero-order valence-corrected chi connectivity index (χ0v) is 16.0. The third kappa shape index (κ3) is 3.83. The van der Waals surface area contributed by atoms with Crippen molar-refractivity contribution in [2.75, 3.05) is 18.8 Å². The zero-order chi connectivity index (χ0) is 18.9. The van der Waals surface area contributed by atoms with Crippen LogP contribution in [0.4, 0.5) is 8.78 Å². The molecule has 26 heavy (non-hydrogen) atoms. The number of pyridine rings is 1. The number of ether oxygens (including phenoxy) is 1. The van der Waals surface area contributed by atoms with E-state index in [1.54, 1.807) is 12.1 Å². The summed E-state index contributed by atoms with van der Waals surface area (Å²) < 4.78 is 35.1. The average Bonchev–Trinajstić information content (AvgIpc) is 2.88. The van der Waals surface area contributed by atoms with Crippen LogP contribution in [0.1, 0.15) is 17.0 Å². The lowest BCUT2D eigenvalue weighted by molar-refractivity contribution is 0.294. The van der Waals surface area contributed by atoms with Crippen LogP contribution >= 0.6 is 10.0 Å². The number of fused-ring (bicyclic) bond motifs is 1. The highest BCUT2D eigenvalue weighted by Crippen LogP contribution is 2.32. The minimum absolute atomic E-state index is 0.103. The SMILES string of the molecule is Cc1nc2c(OCc3c(F)cccc3F)cccn2c1C#CS(C)(C)C. The Morgan fingerprint density at radius 1 is 1.12 bits per heavy atom. The Bertz CT molecular complexity index is 1010. The maximum atomic E-state index is 13.8. The third-order valence-electron chi connectivity index (χ3n) is 3.70. The number of hydrogen-bond donors (Lipinski definition) is 0. The van der Waals surface area contributed by atoms with Gasteiger partial charge in [0.25, 0.3) is 0 Å². The molecule has 0 saturated heterocycles. The Morgan fingerprint density at radius 3 is 2.46 bits per heavy atom. The van der Waals surface area contributed by atoms with Crippen LogP contribution in [0.3, 0.4) is 0 Å². The fourth-order valence-corrected chi connectivity index (χ4v) is 2.84. The number of benzene rings is 1. The standard InChI is InChI=1S/C20H20F2N2OS/c1-14-18(10-12-26(2,3)4)24-11-6-9-19(20(24)23-14)25-13-15-16(21)7-5-8-17(15)22/h5-9,11H,13H2,1-4H3. The Labute approximate surface area is 153 Å². The number of nitrogens with zero attached hydrogens (tertiary/aromatic N) is 2. The minimum Gasteiger partial charge on any atom is -0.485 e. The molecule has 0 N–H and O–H groups in total. The van der Waals surface area contributed by atoms with E-state index < -0.39 is 21.7 Å². The Hall–Kier alpha value is -2.52. The molecule has 2 aromatic heterocycles. The van der Waals surface area contributed by atoms with E-state index in [1.807, 2.05) is 17.5 Å². The van der Waals surface area contributed by atoms with Crippen LogP contribution in [-0.2, 0) is 6.61 Å². The quantitative estimate of drug-likeness (QED) is 0.631. The molecule has 0 spiro atoms. The van der Waals surface area contributed by atoms with Gasteiger partial charge in [0.1, 0.15) is 23.9 Å². The summed E-state index contributed by atoms with van der Waals surface area (Å²) in [5.41, 5.74) is 2.06.